The van der Waals surface area contributed by atoms with Gasteiger partial charge < -0.3 is 10.3 Å². The van der Waals surface area contributed by atoms with Gasteiger partial charge in [-0.1, -0.05) is 12.1 Å². The van der Waals surface area contributed by atoms with Gasteiger partial charge in [0.2, 0.25) is 0 Å². The summed E-state index contributed by atoms with van der Waals surface area (Å²) < 4.78 is 0. The number of benzene rings is 1. The molecule has 0 unspecified atom stereocenters. The molecule has 1 atom stereocenters. The first-order valence-corrected chi connectivity index (χ1v) is 8.24. The van der Waals surface area contributed by atoms with Gasteiger partial charge in [0, 0.05) is 24.8 Å². The van der Waals surface area contributed by atoms with E-state index in [1.165, 1.54) is 29.9 Å². The lowest BCUT2D eigenvalue weighted by atomic mass is 10.2. The summed E-state index contributed by atoms with van der Waals surface area (Å²) >= 11 is 2.07. The smallest absolute Gasteiger partial charge is 0.108 e. The molecule has 2 aromatic rings. The van der Waals surface area contributed by atoms with Gasteiger partial charge in [0.25, 0.3) is 0 Å². The van der Waals surface area contributed by atoms with Gasteiger partial charge in [-0.3, -0.25) is 0 Å². The number of nitrogens with one attached hydrogen (secondary N) is 2. The number of aromatic amines is 1. The summed E-state index contributed by atoms with van der Waals surface area (Å²) in [4.78, 5) is 8.11. The van der Waals surface area contributed by atoms with Crippen molar-refractivity contribution in [2.45, 2.75) is 32.2 Å². The highest BCUT2D eigenvalue weighted by Crippen LogP contribution is 2.17. The van der Waals surface area contributed by atoms with Crippen LogP contribution < -0.4 is 5.32 Å². The molecule has 3 rings (SSSR count). The Hall–Kier alpha value is -1.00. The zero-order chi connectivity index (χ0) is 13.1. The number of fused-ring (bicyclic) bond motifs is 1. The zero-order valence-corrected chi connectivity index (χ0v) is 12.2. The first-order valence-electron chi connectivity index (χ1n) is 7.08. The molecule has 0 saturated carbocycles. The number of aromatic nitrogens is 2. The Morgan fingerprint density at radius 1 is 1.47 bits per heavy atom. The minimum absolute atomic E-state index is 0.699. The van der Waals surface area contributed by atoms with E-state index in [0.29, 0.717) is 6.04 Å². The number of aryl methyl sites for hydroxylation is 1. The molecule has 0 bridgehead atoms. The van der Waals surface area contributed by atoms with E-state index >= 15 is 0 Å². The first kappa shape index (κ1) is 13.0. The van der Waals surface area contributed by atoms with Crippen LogP contribution in [0.4, 0.5) is 0 Å². The lowest BCUT2D eigenvalue weighted by Crippen LogP contribution is -2.35. The third-order valence-corrected chi connectivity index (χ3v) is 4.93. The van der Waals surface area contributed by atoms with Gasteiger partial charge in [-0.05, 0) is 37.1 Å². The molecule has 1 aromatic carbocycles. The Balaban J connectivity index is 1.57. The Labute approximate surface area is 118 Å². The zero-order valence-electron chi connectivity index (χ0n) is 11.4. The monoisotopic (exact) mass is 275 g/mol. The van der Waals surface area contributed by atoms with Crippen molar-refractivity contribution in [2.75, 3.05) is 18.1 Å². The second-order valence-corrected chi connectivity index (χ2v) is 6.42. The molecule has 19 heavy (non-hydrogen) atoms. The van der Waals surface area contributed by atoms with Crippen LogP contribution in [0, 0.1) is 6.92 Å². The van der Waals surface area contributed by atoms with Crippen LogP contribution in [0.2, 0.25) is 0 Å². The average Bonchev–Trinajstić information content (AvgIpc) is 2.84. The topological polar surface area (TPSA) is 40.7 Å². The second-order valence-electron chi connectivity index (χ2n) is 5.27. The maximum atomic E-state index is 4.69. The highest BCUT2D eigenvalue weighted by atomic mass is 32.2. The van der Waals surface area contributed by atoms with Gasteiger partial charge >= 0.3 is 0 Å². The summed E-state index contributed by atoms with van der Waals surface area (Å²) in [7, 11) is 0. The fourth-order valence-corrected chi connectivity index (χ4v) is 3.75. The molecule has 3 nitrogen and oxygen atoms in total. The Kier molecular flexibility index (Phi) is 4.09. The second kappa shape index (κ2) is 5.97. The van der Waals surface area contributed by atoms with Crippen LogP contribution in [-0.2, 0) is 6.42 Å². The van der Waals surface area contributed by atoms with Crippen LogP contribution >= 0.6 is 11.8 Å². The number of hydrogen-bond donors (Lipinski definition) is 2. The van der Waals surface area contributed by atoms with E-state index in [9.17, 15) is 0 Å². The Morgan fingerprint density at radius 2 is 2.42 bits per heavy atom. The van der Waals surface area contributed by atoms with Crippen LogP contribution in [0.3, 0.4) is 0 Å². The summed E-state index contributed by atoms with van der Waals surface area (Å²) in [6, 6.07) is 7.00. The predicted octanol–water partition coefficient (Wildman–Crippen LogP) is 2.90. The van der Waals surface area contributed by atoms with Crippen LogP contribution in [0.1, 0.15) is 24.2 Å². The van der Waals surface area contributed by atoms with Crippen LogP contribution in [0.5, 0.6) is 0 Å². The van der Waals surface area contributed by atoms with Crippen molar-refractivity contribution in [3.63, 3.8) is 0 Å². The first-order chi connectivity index (χ1) is 9.33. The van der Waals surface area contributed by atoms with E-state index in [-0.39, 0.29) is 0 Å². The summed E-state index contributed by atoms with van der Waals surface area (Å²) in [5.74, 6) is 3.69. The summed E-state index contributed by atoms with van der Waals surface area (Å²) in [6.07, 6.45) is 3.66. The molecule has 0 spiro atoms. The van der Waals surface area contributed by atoms with Gasteiger partial charge in [0.05, 0.1) is 11.0 Å². The molecular formula is C15H21N3S. The van der Waals surface area contributed by atoms with E-state index < -0.39 is 0 Å². The Bertz CT molecular complexity index is 543. The summed E-state index contributed by atoms with van der Waals surface area (Å²) in [5.41, 5.74) is 3.52. The molecule has 0 aliphatic carbocycles. The number of thioether (sulfide) groups is 1. The average molecular weight is 275 g/mol. The predicted molar refractivity (Wildman–Crippen MR) is 82.9 cm³/mol. The van der Waals surface area contributed by atoms with Crippen LogP contribution in [0.25, 0.3) is 11.0 Å². The summed E-state index contributed by atoms with van der Waals surface area (Å²) in [6.45, 7) is 3.13. The molecule has 1 fully saturated rings. The maximum absolute atomic E-state index is 4.69. The number of H-pyrrole nitrogens is 1. The number of para-hydroxylation sites is 1. The third kappa shape index (κ3) is 3.12. The van der Waals surface area contributed by atoms with E-state index in [4.69, 9.17) is 4.98 Å². The van der Waals surface area contributed by atoms with E-state index in [1.54, 1.807) is 0 Å². The van der Waals surface area contributed by atoms with Gasteiger partial charge in [-0.2, -0.15) is 11.8 Å². The van der Waals surface area contributed by atoms with Gasteiger partial charge in [0.1, 0.15) is 5.82 Å². The lowest BCUT2D eigenvalue weighted by molar-refractivity contribution is 0.508. The Morgan fingerprint density at radius 3 is 3.21 bits per heavy atom. The largest absolute Gasteiger partial charge is 0.342 e. The van der Waals surface area contributed by atoms with Gasteiger partial charge in [-0.15, -0.1) is 0 Å². The minimum Gasteiger partial charge on any atom is -0.342 e. The standard InChI is InChI=1S/C15H21N3S/c1-11-4-2-6-13-15(11)18-14(17-13)7-8-16-12-5-3-9-19-10-12/h2,4,6,12,16H,3,5,7-10H2,1H3,(H,17,18)/t12-/m0/s1. The molecule has 4 heteroatoms. The van der Waals surface area contributed by atoms with Crippen molar-refractivity contribution >= 4 is 22.8 Å². The van der Waals surface area contributed by atoms with Crippen molar-refractivity contribution in [1.29, 1.82) is 0 Å². The molecule has 2 heterocycles. The van der Waals surface area contributed by atoms with Crippen molar-refractivity contribution in [1.82, 2.24) is 15.3 Å². The lowest BCUT2D eigenvalue weighted by Gasteiger charge is -2.22. The maximum Gasteiger partial charge on any atom is 0.108 e. The highest BCUT2D eigenvalue weighted by Gasteiger charge is 2.12. The third-order valence-electron chi connectivity index (χ3n) is 3.72. The normalized spacial score (nSPS) is 19.9. The SMILES string of the molecule is Cc1cccc2[nH]c(CCN[C@H]3CCCSC3)nc12. The van der Waals surface area contributed by atoms with E-state index in [1.807, 2.05) is 0 Å². The summed E-state index contributed by atoms with van der Waals surface area (Å²) in [5, 5.41) is 3.65. The van der Waals surface area contributed by atoms with Gasteiger partial charge in [-0.25, -0.2) is 4.98 Å². The number of hydrogen-bond acceptors (Lipinski definition) is 3. The molecule has 1 aromatic heterocycles. The molecule has 1 saturated heterocycles. The van der Waals surface area contributed by atoms with E-state index in [0.717, 1.165) is 29.8 Å². The molecule has 1 aliphatic rings. The van der Waals surface area contributed by atoms with Crippen molar-refractivity contribution < 1.29 is 0 Å². The minimum atomic E-state index is 0.699. The molecule has 0 amide bonds. The van der Waals surface area contributed by atoms with Gasteiger partial charge in [0.15, 0.2) is 0 Å². The number of rotatable bonds is 4. The van der Waals surface area contributed by atoms with Crippen molar-refractivity contribution in [3.05, 3.63) is 29.6 Å². The van der Waals surface area contributed by atoms with Crippen LogP contribution in [-0.4, -0.2) is 34.1 Å². The quantitative estimate of drug-likeness (QED) is 0.901. The fourth-order valence-electron chi connectivity index (χ4n) is 2.64. The fraction of sp³-hybridized carbons (Fsp3) is 0.533. The van der Waals surface area contributed by atoms with Crippen molar-refractivity contribution in [3.8, 4) is 0 Å². The molecule has 1 aliphatic heterocycles. The highest BCUT2D eigenvalue weighted by molar-refractivity contribution is 7.99. The van der Waals surface area contributed by atoms with Crippen LogP contribution in [0.15, 0.2) is 18.2 Å². The van der Waals surface area contributed by atoms with E-state index in [2.05, 4.69) is 47.2 Å². The molecule has 0 radical (unpaired) electrons. The molecule has 102 valence electrons. The molecular weight excluding hydrogens is 254 g/mol. The number of nitrogens with zero attached hydrogens (tertiary/aromatic N) is 1. The number of imidazole rings is 1. The van der Waals surface area contributed by atoms with Crippen molar-refractivity contribution in [2.24, 2.45) is 0 Å². The molecule has 2 N–H and O–H groups in total.